The number of likely N-dealkylation sites (tertiary alicyclic amines) is 1. The molecule has 0 aromatic heterocycles. The number of aliphatic imine (C=N–C) groups is 1. The van der Waals surface area contributed by atoms with Crippen LogP contribution in [0.1, 0.15) is 40.5 Å². The smallest absolute Gasteiger partial charge is 0.246 e. The quantitative estimate of drug-likeness (QED) is 0.428. The SMILES string of the molecule is C=CC(=O)N1CC(C)(C)C1/C(=N/CC)N(CC)CC1CC1. The molecule has 1 saturated heterocycles. The number of carbonyl (C=O) groups excluding carboxylic acids is 1. The average molecular weight is 291 g/mol. The second-order valence-electron chi connectivity index (χ2n) is 6.88. The molecule has 0 radical (unpaired) electrons. The van der Waals surface area contributed by atoms with Gasteiger partial charge in [0.05, 0.1) is 6.04 Å². The molecule has 0 spiro atoms. The lowest BCUT2D eigenvalue weighted by Gasteiger charge is -2.55. The summed E-state index contributed by atoms with van der Waals surface area (Å²) in [5, 5.41) is 0. The van der Waals surface area contributed by atoms with E-state index in [9.17, 15) is 4.79 Å². The topological polar surface area (TPSA) is 35.9 Å². The largest absolute Gasteiger partial charge is 0.359 e. The second-order valence-corrected chi connectivity index (χ2v) is 6.88. The van der Waals surface area contributed by atoms with Crippen molar-refractivity contribution in [3.05, 3.63) is 12.7 Å². The first kappa shape index (κ1) is 16.1. The fourth-order valence-corrected chi connectivity index (χ4v) is 3.26. The maximum Gasteiger partial charge on any atom is 0.246 e. The lowest BCUT2D eigenvalue weighted by atomic mass is 9.73. The summed E-state index contributed by atoms with van der Waals surface area (Å²) in [7, 11) is 0. The van der Waals surface area contributed by atoms with Crippen LogP contribution in [0.2, 0.25) is 0 Å². The van der Waals surface area contributed by atoms with E-state index >= 15 is 0 Å². The van der Waals surface area contributed by atoms with Gasteiger partial charge in [0.25, 0.3) is 0 Å². The Hall–Kier alpha value is -1.32. The average Bonchev–Trinajstić information content (AvgIpc) is 3.25. The van der Waals surface area contributed by atoms with E-state index in [1.54, 1.807) is 0 Å². The monoisotopic (exact) mass is 291 g/mol. The van der Waals surface area contributed by atoms with Crippen LogP contribution < -0.4 is 0 Å². The summed E-state index contributed by atoms with van der Waals surface area (Å²) < 4.78 is 0. The molecule has 0 bridgehead atoms. The minimum absolute atomic E-state index is 0.0191. The molecule has 2 rings (SSSR count). The van der Waals surface area contributed by atoms with Crippen molar-refractivity contribution in [2.75, 3.05) is 26.2 Å². The third-order valence-corrected chi connectivity index (χ3v) is 4.53. The van der Waals surface area contributed by atoms with Crippen molar-refractivity contribution < 1.29 is 4.79 Å². The predicted octanol–water partition coefficient (Wildman–Crippen LogP) is 2.56. The molecule has 0 aromatic carbocycles. The summed E-state index contributed by atoms with van der Waals surface area (Å²) in [5.41, 5.74) is 0.0869. The van der Waals surface area contributed by atoms with E-state index in [-0.39, 0.29) is 17.4 Å². The number of likely N-dealkylation sites (N-methyl/N-ethyl adjacent to an activating group) is 1. The zero-order chi connectivity index (χ0) is 15.6. The van der Waals surface area contributed by atoms with Crippen LogP contribution in [0.4, 0.5) is 0 Å². The third-order valence-electron chi connectivity index (χ3n) is 4.53. The third kappa shape index (κ3) is 3.30. The van der Waals surface area contributed by atoms with Gasteiger partial charge in [-0.1, -0.05) is 20.4 Å². The van der Waals surface area contributed by atoms with Gasteiger partial charge in [0.1, 0.15) is 5.84 Å². The maximum atomic E-state index is 12.1. The van der Waals surface area contributed by atoms with Crippen molar-refractivity contribution in [1.29, 1.82) is 0 Å². The van der Waals surface area contributed by atoms with E-state index in [0.29, 0.717) is 0 Å². The van der Waals surface area contributed by atoms with Gasteiger partial charge in [-0.3, -0.25) is 9.79 Å². The molecule has 0 aromatic rings. The van der Waals surface area contributed by atoms with Gasteiger partial charge in [-0.2, -0.15) is 0 Å². The number of nitrogens with zero attached hydrogens (tertiary/aromatic N) is 3. The molecule has 1 unspecified atom stereocenters. The minimum atomic E-state index is 0.0191. The van der Waals surface area contributed by atoms with Gasteiger partial charge in [-0.25, -0.2) is 0 Å². The molecule has 4 heteroatoms. The summed E-state index contributed by atoms with van der Waals surface area (Å²) in [6.07, 6.45) is 4.08. The Labute approximate surface area is 128 Å². The highest BCUT2D eigenvalue weighted by molar-refractivity contribution is 5.97. The van der Waals surface area contributed by atoms with Crippen LogP contribution in [0.15, 0.2) is 17.6 Å². The molecule has 4 nitrogen and oxygen atoms in total. The Balaban J connectivity index is 2.23. The fourth-order valence-electron chi connectivity index (χ4n) is 3.26. The van der Waals surface area contributed by atoms with Crippen LogP contribution in [-0.4, -0.2) is 53.8 Å². The van der Waals surface area contributed by atoms with Crippen molar-refractivity contribution in [2.45, 2.75) is 46.6 Å². The summed E-state index contributed by atoms with van der Waals surface area (Å²) >= 11 is 0. The highest BCUT2D eigenvalue weighted by atomic mass is 16.2. The Morgan fingerprint density at radius 1 is 1.43 bits per heavy atom. The fraction of sp³-hybridized carbons (Fsp3) is 0.765. The molecule has 1 heterocycles. The first-order valence-electron chi connectivity index (χ1n) is 8.16. The Morgan fingerprint density at radius 3 is 2.52 bits per heavy atom. The number of rotatable bonds is 6. The molecule has 21 heavy (non-hydrogen) atoms. The molecule has 2 aliphatic rings. The van der Waals surface area contributed by atoms with Crippen LogP contribution in [0.3, 0.4) is 0 Å². The zero-order valence-corrected chi connectivity index (χ0v) is 13.9. The van der Waals surface area contributed by atoms with E-state index in [1.807, 2.05) is 4.90 Å². The second kappa shape index (κ2) is 6.20. The normalized spacial score (nSPS) is 24.5. The number of hydrogen-bond acceptors (Lipinski definition) is 2. The van der Waals surface area contributed by atoms with Crippen LogP contribution in [0.25, 0.3) is 0 Å². The molecule has 1 atom stereocenters. The summed E-state index contributed by atoms with van der Waals surface area (Å²) in [6, 6.07) is 0.0849. The van der Waals surface area contributed by atoms with Crippen molar-refractivity contribution >= 4 is 11.7 Å². The van der Waals surface area contributed by atoms with E-state index in [4.69, 9.17) is 4.99 Å². The molecule has 2 fully saturated rings. The Morgan fingerprint density at radius 2 is 2.10 bits per heavy atom. The van der Waals surface area contributed by atoms with Gasteiger partial charge in [0.15, 0.2) is 0 Å². The van der Waals surface area contributed by atoms with E-state index in [2.05, 4.69) is 39.2 Å². The van der Waals surface area contributed by atoms with E-state index < -0.39 is 0 Å². The Kier molecular flexibility index (Phi) is 4.74. The van der Waals surface area contributed by atoms with Gasteiger partial charge in [0, 0.05) is 31.6 Å². The summed E-state index contributed by atoms with van der Waals surface area (Å²) in [6.45, 7) is 15.9. The van der Waals surface area contributed by atoms with Gasteiger partial charge >= 0.3 is 0 Å². The summed E-state index contributed by atoms with van der Waals surface area (Å²) in [4.78, 5) is 21.2. The van der Waals surface area contributed by atoms with Gasteiger partial charge in [-0.15, -0.1) is 0 Å². The lowest BCUT2D eigenvalue weighted by molar-refractivity contribution is -0.140. The molecular weight excluding hydrogens is 262 g/mol. The number of amidine groups is 1. The van der Waals surface area contributed by atoms with Crippen molar-refractivity contribution in [2.24, 2.45) is 16.3 Å². The van der Waals surface area contributed by atoms with Gasteiger partial charge < -0.3 is 9.80 Å². The molecule has 118 valence electrons. The van der Waals surface area contributed by atoms with Crippen LogP contribution in [0, 0.1) is 11.3 Å². The first-order chi connectivity index (χ1) is 9.94. The lowest BCUT2D eigenvalue weighted by Crippen LogP contribution is -2.69. The van der Waals surface area contributed by atoms with Crippen LogP contribution >= 0.6 is 0 Å². The molecule has 1 saturated carbocycles. The highest BCUT2D eigenvalue weighted by Crippen LogP contribution is 2.39. The first-order valence-corrected chi connectivity index (χ1v) is 8.16. The number of amides is 1. The van der Waals surface area contributed by atoms with Gasteiger partial charge in [0.2, 0.25) is 5.91 Å². The summed E-state index contributed by atoms with van der Waals surface area (Å²) in [5.74, 6) is 1.93. The standard InChI is InChI=1S/C17H29N3O/c1-6-14(21)20-12-17(4,5)15(20)16(18-7-2)19(8-3)11-13-9-10-13/h6,13,15H,1,7-12H2,2-5H3/b18-16-. The number of hydrogen-bond donors (Lipinski definition) is 0. The zero-order valence-electron chi connectivity index (χ0n) is 13.9. The van der Waals surface area contributed by atoms with Crippen molar-refractivity contribution in [3.63, 3.8) is 0 Å². The van der Waals surface area contributed by atoms with Crippen LogP contribution in [0.5, 0.6) is 0 Å². The van der Waals surface area contributed by atoms with Gasteiger partial charge in [-0.05, 0) is 38.7 Å². The molecule has 1 amide bonds. The highest BCUT2D eigenvalue weighted by Gasteiger charge is 2.51. The number of carbonyl (C=O) groups is 1. The molecule has 1 aliphatic heterocycles. The molecule has 0 N–H and O–H groups in total. The van der Waals surface area contributed by atoms with E-state index in [0.717, 1.165) is 37.9 Å². The molecular formula is C17H29N3O. The maximum absolute atomic E-state index is 12.1. The predicted molar refractivity (Wildman–Crippen MR) is 87.4 cm³/mol. The minimum Gasteiger partial charge on any atom is -0.359 e. The Bertz CT molecular complexity index is 437. The molecule has 1 aliphatic carbocycles. The van der Waals surface area contributed by atoms with Crippen LogP contribution in [-0.2, 0) is 4.79 Å². The van der Waals surface area contributed by atoms with Crippen molar-refractivity contribution in [1.82, 2.24) is 9.80 Å². The van der Waals surface area contributed by atoms with E-state index in [1.165, 1.54) is 18.9 Å². The van der Waals surface area contributed by atoms with Crippen molar-refractivity contribution in [3.8, 4) is 0 Å².